The molecule has 0 heterocycles. The summed E-state index contributed by atoms with van der Waals surface area (Å²) in [5.41, 5.74) is 0.534. The molecule has 28 heavy (non-hydrogen) atoms. The quantitative estimate of drug-likeness (QED) is 0.589. The molecule has 2 aromatic rings. The van der Waals surface area contributed by atoms with E-state index in [1.54, 1.807) is 18.2 Å². The molecule has 1 N–H and O–H groups in total. The van der Waals surface area contributed by atoms with Crippen molar-refractivity contribution in [2.24, 2.45) is 0 Å². The fourth-order valence-electron chi connectivity index (χ4n) is 2.39. The van der Waals surface area contributed by atoms with Crippen LogP contribution in [-0.2, 0) is 0 Å². The molecular weight excluding hydrogens is 372 g/mol. The summed E-state index contributed by atoms with van der Waals surface area (Å²) in [5.74, 6) is 0.377. The van der Waals surface area contributed by atoms with E-state index in [2.05, 4.69) is 10.1 Å². The van der Waals surface area contributed by atoms with Crippen molar-refractivity contribution >= 4 is 11.6 Å². The predicted molar refractivity (Wildman–Crippen MR) is 101 cm³/mol. The first kappa shape index (κ1) is 21.3. The summed E-state index contributed by atoms with van der Waals surface area (Å²) < 4.78 is 45.5. The van der Waals surface area contributed by atoms with Gasteiger partial charge in [-0.15, -0.1) is 0 Å². The largest absolute Gasteiger partial charge is 0.497 e. The number of carbonyl (C=O) groups is 1. The molecule has 2 rings (SSSR count). The van der Waals surface area contributed by atoms with Crippen LogP contribution >= 0.6 is 0 Å². The highest BCUT2D eigenvalue weighted by molar-refractivity contribution is 6.05. The molecular formula is C20H23F2NO5. The fourth-order valence-corrected chi connectivity index (χ4v) is 2.39. The Morgan fingerprint density at radius 1 is 1.04 bits per heavy atom. The minimum atomic E-state index is -3.04. The van der Waals surface area contributed by atoms with Gasteiger partial charge in [-0.1, -0.05) is 13.3 Å². The highest BCUT2D eigenvalue weighted by Gasteiger charge is 2.16. The molecule has 0 fully saturated rings. The number of nitrogens with one attached hydrogen (secondary N) is 1. The molecule has 6 nitrogen and oxygen atoms in total. The number of benzene rings is 2. The molecule has 2 aromatic carbocycles. The van der Waals surface area contributed by atoms with E-state index in [4.69, 9.17) is 14.2 Å². The predicted octanol–water partition coefficient (Wildman–Crippen LogP) is 4.74. The lowest BCUT2D eigenvalue weighted by Gasteiger charge is -2.15. The van der Waals surface area contributed by atoms with Gasteiger partial charge < -0.3 is 24.3 Å². The van der Waals surface area contributed by atoms with Gasteiger partial charge in [-0.3, -0.25) is 4.79 Å². The molecule has 0 saturated carbocycles. The Kier molecular flexibility index (Phi) is 7.86. The van der Waals surface area contributed by atoms with E-state index in [1.165, 1.54) is 32.4 Å². The second-order valence-corrected chi connectivity index (χ2v) is 5.76. The van der Waals surface area contributed by atoms with Crippen molar-refractivity contribution in [3.63, 3.8) is 0 Å². The fraction of sp³-hybridized carbons (Fsp3) is 0.350. The maximum Gasteiger partial charge on any atom is 0.387 e. The van der Waals surface area contributed by atoms with Crippen LogP contribution in [0.5, 0.6) is 23.0 Å². The Labute approximate surface area is 162 Å². The van der Waals surface area contributed by atoms with Crippen LogP contribution in [0.3, 0.4) is 0 Å². The summed E-state index contributed by atoms with van der Waals surface area (Å²) in [6, 6.07) is 9.07. The molecule has 0 radical (unpaired) electrons. The molecule has 1 amide bonds. The van der Waals surface area contributed by atoms with Crippen LogP contribution in [0.25, 0.3) is 0 Å². The normalized spacial score (nSPS) is 10.5. The van der Waals surface area contributed by atoms with Crippen LogP contribution in [0, 0.1) is 0 Å². The van der Waals surface area contributed by atoms with E-state index < -0.39 is 12.5 Å². The van der Waals surface area contributed by atoms with E-state index in [9.17, 15) is 13.6 Å². The number of carbonyl (C=O) groups excluding carboxylic acids is 1. The van der Waals surface area contributed by atoms with Crippen LogP contribution in [0.1, 0.15) is 30.1 Å². The SMILES string of the molecule is CCCCOc1ccc(OC)cc1NC(=O)c1ccc(OC)c(OC(F)F)c1. The average Bonchev–Trinajstić information content (AvgIpc) is 2.68. The van der Waals surface area contributed by atoms with Crippen molar-refractivity contribution in [1.82, 2.24) is 0 Å². The number of anilines is 1. The van der Waals surface area contributed by atoms with E-state index in [0.29, 0.717) is 23.8 Å². The van der Waals surface area contributed by atoms with E-state index >= 15 is 0 Å². The second-order valence-electron chi connectivity index (χ2n) is 5.76. The molecule has 0 bridgehead atoms. The van der Waals surface area contributed by atoms with Crippen LogP contribution in [0.15, 0.2) is 36.4 Å². The topological polar surface area (TPSA) is 66.0 Å². The smallest absolute Gasteiger partial charge is 0.387 e. The maximum absolute atomic E-state index is 12.6. The number of rotatable bonds is 10. The van der Waals surface area contributed by atoms with E-state index in [1.807, 2.05) is 6.92 Å². The number of ether oxygens (including phenoxy) is 4. The Hall–Kier alpha value is -3.03. The summed E-state index contributed by atoms with van der Waals surface area (Å²) in [6.07, 6.45) is 1.84. The number of methoxy groups -OCH3 is 2. The van der Waals surface area contributed by atoms with Gasteiger partial charge in [0.15, 0.2) is 11.5 Å². The van der Waals surface area contributed by atoms with Crippen LogP contribution in [0.2, 0.25) is 0 Å². The van der Waals surface area contributed by atoms with Crippen molar-refractivity contribution < 1.29 is 32.5 Å². The second kappa shape index (κ2) is 10.3. The van der Waals surface area contributed by atoms with Crippen LogP contribution < -0.4 is 24.3 Å². The van der Waals surface area contributed by atoms with Crippen molar-refractivity contribution in [1.29, 1.82) is 0 Å². The average molecular weight is 395 g/mol. The molecule has 0 aliphatic rings. The zero-order valence-corrected chi connectivity index (χ0v) is 16.0. The number of amides is 1. The van der Waals surface area contributed by atoms with Gasteiger partial charge in [-0.25, -0.2) is 0 Å². The number of hydrogen-bond donors (Lipinski definition) is 1. The molecule has 0 atom stereocenters. The molecule has 0 unspecified atom stereocenters. The minimum Gasteiger partial charge on any atom is -0.497 e. The standard InChI is InChI=1S/C20H23F2NO5/c1-4-5-10-27-16-9-7-14(25-2)12-15(16)23-19(24)13-6-8-17(26-3)18(11-13)28-20(21)22/h6-9,11-12,20H,4-5,10H2,1-3H3,(H,23,24). The third-order valence-electron chi connectivity index (χ3n) is 3.83. The van der Waals surface area contributed by atoms with Gasteiger partial charge in [0.25, 0.3) is 5.91 Å². The van der Waals surface area contributed by atoms with Gasteiger partial charge in [-0.05, 0) is 36.8 Å². The summed E-state index contributed by atoms with van der Waals surface area (Å²) >= 11 is 0. The van der Waals surface area contributed by atoms with Gasteiger partial charge in [0.05, 0.1) is 26.5 Å². The van der Waals surface area contributed by atoms with Gasteiger partial charge >= 0.3 is 6.61 Å². The molecule has 0 saturated heterocycles. The lowest BCUT2D eigenvalue weighted by molar-refractivity contribution is -0.0512. The van der Waals surface area contributed by atoms with Gasteiger partial charge in [0.1, 0.15) is 11.5 Å². The highest BCUT2D eigenvalue weighted by atomic mass is 19.3. The van der Waals surface area contributed by atoms with E-state index in [0.717, 1.165) is 12.8 Å². The highest BCUT2D eigenvalue weighted by Crippen LogP contribution is 2.32. The summed E-state index contributed by atoms with van der Waals surface area (Å²) in [7, 11) is 2.83. The van der Waals surface area contributed by atoms with Crippen molar-refractivity contribution in [3.8, 4) is 23.0 Å². The van der Waals surface area contributed by atoms with Gasteiger partial charge in [0.2, 0.25) is 0 Å². The maximum atomic E-state index is 12.6. The monoisotopic (exact) mass is 395 g/mol. The first-order valence-electron chi connectivity index (χ1n) is 8.73. The Bertz CT molecular complexity index is 798. The van der Waals surface area contributed by atoms with Crippen molar-refractivity contribution in [3.05, 3.63) is 42.0 Å². The van der Waals surface area contributed by atoms with Gasteiger partial charge in [0, 0.05) is 11.6 Å². The van der Waals surface area contributed by atoms with E-state index in [-0.39, 0.29) is 17.1 Å². The van der Waals surface area contributed by atoms with Crippen LogP contribution in [0.4, 0.5) is 14.5 Å². The first-order valence-corrected chi connectivity index (χ1v) is 8.73. The number of halogens is 2. The number of alkyl halides is 2. The zero-order chi connectivity index (χ0) is 20.5. The lowest BCUT2D eigenvalue weighted by Crippen LogP contribution is -2.14. The van der Waals surface area contributed by atoms with Gasteiger partial charge in [-0.2, -0.15) is 8.78 Å². The number of hydrogen-bond acceptors (Lipinski definition) is 5. The summed E-state index contributed by atoms with van der Waals surface area (Å²) in [5, 5.41) is 2.72. The molecule has 0 aliphatic carbocycles. The molecule has 152 valence electrons. The minimum absolute atomic E-state index is 0.0989. The zero-order valence-electron chi connectivity index (χ0n) is 16.0. The third-order valence-corrected chi connectivity index (χ3v) is 3.83. The molecule has 0 spiro atoms. The van der Waals surface area contributed by atoms with Crippen LogP contribution in [-0.4, -0.2) is 33.3 Å². The Balaban J connectivity index is 2.25. The lowest BCUT2D eigenvalue weighted by atomic mass is 10.1. The third kappa shape index (κ3) is 5.73. The summed E-state index contributed by atoms with van der Waals surface area (Å²) in [6.45, 7) is -0.493. The molecule has 0 aliphatic heterocycles. The summed E-state index contributed by atoms with van der Waals surface area (Å²) in [4.78, 5) is 12.6. The molecule has 8 heteroatoms. The Morgan fingerprint density at radius 3 is 2.43 bits per heavy atom. The molecule has 0 aromatic heterocycles. The first-order chi connectivity index (χ1) is 13.5. The van der Waals surface area contributed by atoms with Crippen molar-refractivity contribution in [2.75, 3.05) is 26.1 Å². The number of unbranched alkanes of at least 4 members (excludes halogenated alkanes) is 1. The van der Waals surface area contributed by atoms with Crippen molar-refractivity contribution in [2.45, 2.75) is 26.4 Å². The Morgan fingerprint density at radius 2 is 1.79 bits per heavy atom.